The largest absolute Gasteiger partial charge is 0.514 e. The van der Waals surface area contributed by atoms with Gasteiger partial charge < -0.3 is 15.8 Å². The summed E-state index contributed by atoms with van der Waals surface area (Å²) >= 11 is 0. The molecule has 0 aliphatic heterocycles. The van der Waals surface area contributed by atoms with E-state index in [9.17, 15) is 14.9 Å². The Morgan fingerprint density at radius 3 is 2.69 bits per heavy atom. The van der Waals surface area contributed by atoms with E-state index in [-0.39, 0.29) is 29.6 Å². The van der Waals surface area contributed by atoms with Crippen LogP contribution >= 0.6 is 0 Å². The number of amides is 1. The van der Waals surface area contributed by atoms with Crippen molar-refractivity contribution in [2.75, 3.05) is 5.73 Å². The molecule has 1 aromatic carbocycles. The summed E-state index contributed by atoms with van der Waals surface area (Å²) in [7, 11) is 0. The normalized spacial score (nSPS) is 11.5. The van der Waals surface area contributed by atoms with Crippen molar-refractivity contribution >= 4 is 23.4 Å². The first-order valence-corrected chi connectivity index (χ1v) is 8.79. The van der Waals surface area contributed by atoms with Crippen LogP contribution in [0.25, 0.3) is 17.1 Å². The van der Waals surface area contributed by atoms with Gasteiger partial charge in [0.2, 0.25) is 11.6 Å². The molecule has 0 radical (unpaired) electrons. The maximum atomic E-state index is 13.0. The smallest absolute Gasteiger partial charge is 0.390 e. The van der Waals surface area contributed by atoms with Gasteiger partial charge in [-0.15, -0.1) is 5.10 Å². The molecule has 0 saturated heterocycles. The van der Waals surface area contributed by atoms with Crippen LogP contribution in [0, 0.1) is 10.1 Å². The van der Waals surface area contributed by atoms with E-state index in [2.05, 4.69) is 51.2 Å². The van der Waals surface area contributed by atoms with Gasteiger partial charge in [0.05, 0.1) is 15.9 Å². The van der Waals surface area contributed by atoms with E-state index < -0.39 is 16.8 Å². The van der Waals surface area contributed by atoms with Crippen LogP contribution in [0.5, 0.6) is 0 Å². The van der Waals surface area contributed by atoms with Gasteiger partial charge in [0.1, 0.15) is 12.2 Å². The zero-order valence-corrected chi connectivity index (χ0v) is 16.2. The predicted octanol–water partition coefficient (Wildman–Crippen LogP) is -0.400. The number of nitro groups is 1. The molecule has 0 fully saturated rings. The lowest BCUT2D eigenvalue weighted by molar-refractivity contribution is -0.394. The molecule has 3 aromatic heterocycles. The monoisotopic (exact) mass is 439 g/mol. The Balaban J connectivity index is 1.62. The molecule has 17 heteroatoms. The summed E-state index contributed by atoms with van der Waals surface area (Å²) in [5, 5.41) is 40.2. The van der Waals surface area contributed by atoms with Crippen LogP contribution < -0.4 is 11.2 Å². The molecule has 0 unspecified atom stereocenters. The molecule has 0 bridgehead atoms. The third-order valence-electron chi connectivity index (χ3n) is 3.95. The first-order valence-electron chi connectivity index (χ1n) is 8.79. The highest BCUT2D eigenvalue weighted by Crippen LogP contribution is 2.24. The van der Waals surface area contributed by atoms with Crippen molar-refractivity contribution in [3.05, 3.63) is 46.1 Å². The van der Waals surface area contributed by atoms with Crippen molar-refractivity contribution in [2.45, 2.75) is 13.5 Å². The van der Waals surface area contributed by atoms with Crippen molar-refractivity contribution in [1.82, 2.24) is 50.9 Å². The highest BCUT2D eigenvalue weighted by Gasteiger charge is 2.26. The number of hydrogen-bond donors (Lipinski definition) is 2. The van der Waals surface area contributed by atoms with E-state index in [1.165, 1.54) is 0 Å². The molecule has 17 nitrogen and oxygen atoms in total. The van der Waals surface area contributed by atoms with Gasteiger partial charge in [-0.1, -0.05) is 40.3 Å². The van der Waals surface area contributed by atoms with E-state index in [1.54, 1.807) is 31.2 Å². The maximum absolute atomic E-state index is 13.0. The number of carbonyl (C=O) groups is 1. The quantitative estimate of drug-likeness (QED) is 0.213. The summed E-state index contributed by atoms with van der Waals surface area (Å²) in [6, 6.07) is 8.84. The summed E-state index contributed by atoms with van der Waals surface area (Å²) in [5.74, 6) is -1.46. The minimum absolute atomic E-state index is 0.0235. The summed E-state index contributed by atoms with van der Waals surface area (Å²) in [4.78, 5) is 23.8. The fourth-order valence-electron chi connectivity index (χ4n) is 2.58. The Hall–Kier alpha value is -5.09. The minimum atomic E-state index is -0.776. The second-order valence-electron chi connectivity index (χ2n) is 6.20. The van der Waals surface area contributed by atoms with Gasteiger partial charge in [-0.25, -0.2) is 10.1 Å². The summed E-state index contributed by atoms with van der Waals surface area (Å²) < 4.78 is 5.67. The minimum Gasteiger partial charge on any atom is -0.390 e. The Morgan fingerprint density at radius 1 is 1.25 bits per heavy atom. The lowest BCUT2D eigenvalue weighted by atomic mass is 10.1. The SMILES string of the molecule is CC(Cn1nnc([N+](=O)[O-])n1)=NNC(=O)c1c(-c2ccccc2)nnn1-c1nonc1N. The molecule has 0 spiro atoms. The number of nitrogens with two attached hydrogens (primary N) is 1. The molecule has 0 saturated carbocycles. The molecule has 0 aliphatic rings. The van der Waals surface area contributed by atoms with Crippen LogP contribution in [0.3, 0.4) is 0 Å². The zero-order chi connectivity index (χ0) is 22.7. The molecular weight excluding hydrogens is 426 g/mol. The molecule has 162 valence electrons. The number of nitrogen functional groups attached to an aromatic ring is 1. The van der Waals surface area contributed by atoms with Gasteiger partial charge in [0, 0.05) is 10.8 Å². The number of tetrazole rings is 1. The number of nitrogens with zero attached hydrogens (tertiary/aromatic N) is 11. The number of carbonyl (C=O) groups excluding carboxylic acids is 1. The second kappa shape index (κ2) is 8.34. The van der Waals surface area contributed by atoms with Crippen molar-refractivity contribution in [3.63, 3.8) is 0 Å². The number of hydrazone groups is 1. The highest BCUT2D eigenvalue weighted by molar-refractivity contribution is 5.99. The average Bonchev–Trinajstić information content (AvgIpc) is 3.52. The molecule has 1 amide bonds. The van der Waals surface area contributed by atoms with Crippen LogP contribution in [-0.2, 0) is 6.54 Å². The van der Waals surface area contributed by atoms with E-state index in [4.69, 9.17) is 5.73 Å². The first-order chi connectivity index (χ1) is 15.4. The molecule has 3 heterocycles. The number of aromatic nitrogens is 9. The molecule has 4 aromatic rings. The van der Waals surface area contributed by atoms with Crippen LogP contribution in [0.4, 0.5) is 11.8 Å². The van der Waals surface area contributed by atoms with Gasteiger partial charge in [-0.05, 0) is 22.2 Å². The summed E-state index contributed by atoms with van der Waals surface area (Å²) in [6.45, 7) is 1.51. The van der Waals surface area contributed by atoms with Gasteiger partial charge in [0.15, 0.2) is 5.69 Å². The molecule has 4 rings (SSSR count). The number of benzene rings is 1. The lowest BCUT2D eigenvalue weighted by Crippen LogP contribution is -2.24. The van der Waals surface area contributed by atoms with Crippen LogP contribution in [-0.4, -0.2) is 62.1 Å². The van der Waals surface area contributed by atoms with Gasteiger partial charge in [-0.3, -0.25) is 4.79 Å². The molecule has 32 heavy (non-hydrogen) atoms. The van der Waals surface area contributed by atoms with Crippen molar-refractivity contribution in [1.29, 1.82) is 0 Å². The van der Waals surface area contributed by atoms with E-state index in [1.807, 2.05) is 6.07 Å². The Bertz CT molecular complexity index is 1310. The Kier molecular flexibility index (Phi) is 5.26. The second-order valence-corrected chi connectivity index (χ2v) is 6.20. The van der Waals surface area contributed by atoms with Crippen LogP contribution in [0.15, 0.2) is 40.1 Å². The first kappa shape index (κ1) is 20.2. The lowest BCUT2D eigenvalue weighted by Gasteiger charge is -2.05. The molecular formula is C15H13N13O4. The van der Waals surface area contributed by atoms with Crippen molar-refractivity contribution < 1.29 is 14.3 Å². The van der Waals surface area contributed by atoms with E-state index in [0.29, 0.717) is 11.3 Å². The number of anilines is 1. The average molecular weight is 439 g/mol. The van der Waals surface area contributed by atoms with Crippen molar-refractivity contribution in [3.8, 4) is 17.1 Å². The Labute approximate surface area is 177 Å². The zero-order valence-electron chi connectivity index (χ0n) is 16.2. The van der Waals surface area contributed by atoms with Gasteiger partial charge in [-0.2, -0.15) is 9.78 Å². The molecule has 3 N–H and O–H groups in total. The summed E-state index contributed by atoms with van der Waals surface area (Å²) in [6.07, 6.45) is 0. The van der Waals surface area contributed by atoms with Crippen LogP contribution in [0.1, 0.15) is 17.4 Å². The fraction of sp³-hybridized carbons (Fsp3) is 0.133. The number of rotatable bonds is 7. The molecule has 0 aliphatic carbocycles. The van der Waals surface area contributed by atoms with E-state index >= 15 is 0 Å². The third-order valence-corrected chi connectivity index (χ3v) is 3.95. The van der Waals surface area contributed by atoms with E-state index in [0.717, 1.165) is 9.48 Å². The Morgan fingerprint density at radius 2 is 2.03 bits per heavy atom. The topological polar surface area (TPSA) is 224 Å². The maximum Gasteiger partial charge on any atom is 0.514 e. The summed E-state index contributed by atoms with van der Waals surface area (Å²) in [5.41, 5.74) is 9.26. The number of nitrogens with one attached hydrogen (secondary N) is 1. The van der Waals surface area contributed by atoms with Crippen LogP contribution in [0.2, 0.25) is 0 Å². The standard InChI is InChI=1S/C15H13N13O4/c1-8(7-26-21-15(20-24-26)28(30)31)17-19-14(29)11-10(9-5-3-2-4-6-9)18-25-27(11)13-12(16)22-32-23-13/h2-6H,7H2,1H3,(H2,16,22)(H,19,29). The van der Waals surface area contributed by atoms with Gasteiger partial charge >= 0.3 is 5.95 Å². The van der Waals surface area contributed by atoms with Crippen molar-refractivity contribution in [2.24, 2.45) is 5.10 Å². The fourth-order valence-corrected chi connectivity index (χ4v) is 2.58. The predicted molar refractivity (Wildman–Crippen MR) is 104 cm³/mol. The molecule has 0 atom stereocenters. The number of hydrogen-bond acceptors (Lipinski definition) is 13. The van der Waals surface area contributed by atoms with Gasteiger partial charge in [0.25, 0.3) is 5.91 Å². The highest BCUT2D eigenvalue weighted by atomic mass is 16.6. The third kappa shape index (κ3) is 3.97.